The maximum Gasteiger partial charge on any atom is 0.277 e. The molecule has 152 valence electrons. The number of benzene rings is 1. The van der Waals surface area contributed by atoms with Crippen LogP contribution >= 0.6 is 11.8 Å². The molecular formula is C19H26N4O4S. The molecule has 8 nitrogen and oxygen atoms in total. The molecule has 0 aliphatic rings. The Kier molecular flexibility index (Phi) is 8.01. The maximum atomic E-state index is 12.3. The van der Waals surface area contributed by atoms with Crippen LogP contribution in [0.5, 0.6) is 0 Å². The van der Waals surface area contributed by atoms with Crippen molar-refractivity contribution in [2.24, 2.45) is 0 Å². The van der Waals surface area contributed by atoms with E-state index in [1.807, 2.05) is 12.1 Å². The SMILES string of the molecule is COCCNC(=O)CSc1nnc(CNC(=O)c2ccc(C(C)(C)C)cc2)o1. The van der Waals surface area contributed by atoms with E-state index in [0.717, 1.165) is 17.3 Å². The summed E-state index contributed by atoms with van der Waals surface area (Å²) in [6.07, 6.45) is 0. The Bertz CT molecular complexity index is 784. The molecule has 0 fully saturated rings. The van der Waals surface area contributed by atoms with Crippen molar-refractivity contribution in [3.63, 3.8) is 0 Å². The lowest BCUT2D eigenvalue weighted by Crippen LogP contribution is -2.28. The molecule has 0 aliphatic heterocycles. The van der Waals surface area contributed by atoms with E-state index in [0.29, 0.717) is 18.7 Å². The van der Waals surface area contributed by atoms with Crippen LogP contribution in [0, 0.1) is 0 Å². The molecule has 2 aromatic rings. The van der Waals surface area contributed by atoms with Gasteiger partial charge in [0.05, 0.1) is 18.9 Å². The number of nitrogens with one attached hydrogen (secondary N) is 2. The van der Waals surface area contributed by atoms with E-state index in [1.165, 1.54) is 0 Å². The summed E-state index contributed by atoms with van der Waals surface area (Å²) in [5.41, 5.74) is 1.76. The van der Waals surface area contributed by atoms with E-state index < -0.39 is 0 Å². The molecule has 0 saturated carbocycles. The van der Waals surface area contributed by atoms with Crippen molar-refractivity contribution >= 4 is 23.6 Å². The van der Waals surface area contributed by atoms with Crippen LogP contribution in [0.4, 0.5) is 0 Å². The fourth-order valence-corrected chi connectivity index (χ4v) is 2.83. The first-order valence-electron chi connectivity index (χ1n) is 8.89. The predicted molar refractivity (Wildman–Crippen MR) is 106 cm³/mol. The van der Waals surface area contributed by atoms with Crippen LogP contribution in [0.2, 0.25) is 0 Å². The Hall–Kier alpha value is -2.39. The molecule has 2 amide bonds. The Labute approximate surface area is 168 Å². The van der Waals surface area contributed by atoms with E-state index in [2.05, 4.69) is 41.6 Å². The quantitative estimate of drug-likeness (QED) is 0.485. The largest absolute Gasteiger partial charge is 0.414 e. The van der Waals surface area contributed by atoms with Gasteiger partial charge in [-0.2, -0.15) is 0 Å². The van der Waals surface area contributed by atoms with E-state index in [-0.39, 0.29) is 40.6 Å². The number of carbonyl (C=O) groups is 2. The van der Waals surface area contributed by atoms with Gasteiger partial charge in [0.15, 0.2) is 0 Å². The number of aromatic nitrogens is 2. The summed E-state index contributed by atoms with van der Waals surface area (Å²) in [5, 5.41) is 13.5. The Balaban J connectivity index is 1.79. The van der Waals surface area contributed by atoms with Gasteiger partial charge in [0, 0.05) is 19.2 Å². The van der Waals surface area contributed by atoms with Crippen molar-refractivity contribution in [2.75, 3.05) is 26.0 Å². The van der Waals surface area contributed by atoms with Crippen molar-refractivity contribution in [3.8, 4) is 0 Å². The second-order valence-electron chi connectivity index (χ2n) is 7.10. The number of thioether (sulfide) groups is 1. The van der Waals surface area contributed by atoms with Crippen molar-refractivity contribution in [2.45, 2.75) is 38.0 Å². The normalized spacial score (nSPS) is 11.3. The molecule has 9 heteroatoms. The molecule has 28 heavy (non-hydrogen) atoms. The third-order valence-corrected chi connectivity index (χ3v) is 4.64. The topological polar surface area (TPSA) is 106 Å². The average molecular weight is 407 g/mol. The molecule has 2 N–H and O–H groups in total. The molecule has 0 unspecified atom stereocenters. The summed E-state index contributed by atoms with van der Waals surface area (Å²) in [5.74, 6) is 0.0822. The number of nitrogens with zero attached hydrogens (tertiary/aromatic N) is 2. The van der Waals surface area contributed by atoms with Gasteiger partial charge in [-0.3, -0.25) is 9.59 Å². The number of hydrogen-bond acceptors (Lipinski definition) is 7. The van der Waals surface area contributed by atoms with Crippen LogP contribution in [-0.2, 0) is 21.5 Å². The average Bonchev–Trinajstić information content (AvgIpc) is 3.12. The molecule has 0 aliphatic carbocycles. The number of amides is 2. The lowest BCUT2D eigenvalue weighted by Gasteiger charge is -2.18. The van der Waals surface area contributed by atoms with Crippen molar-refractivity contribution in [1.29, 1.82) is 0 Å². The Morgan fingerprint density at radius 2 is 1.86 bits per heavy atom. The second kappa shape index (κ2) is 10.2. The van der Waals surface area contributed by atoms with Gasteiger partial charge in [-0.25, -0.2) is 0 Å². The second-order valence-corrected chi connectivity index (χ2v) is 8.03. The number of rotatable bonds is 9. The highest BCUT2D eigenvalue weighted by Gasteiger charge is 2.15. The lowest BCUT2D eigenvalue weighted by atomic mass is 9.87. The van der Waals surface area contributed by atoms with Crippen LogP contribution in [0.1, 0.15) is 42.6 Å². The van der Waals surface area contributed by atoms with E-state index >= 15 is 0 Å². The molecule has 2 rings (SSSR count). The first-order valence-corrected chi connectivity index (χ1v) is 9.87. The molecule has 1 aromatic heterocycles. The van der Waals surface area contributed by atoms with E-state index in [4.69, 9.17) is 9.15 Å². The monoisotopic (exact) mass is 406 g/mol. The predicted octanol–water partition coefficient (Wildman–Crippen LogP) is 2.15. The minimum atomic E-state index is -0.217. The van der Waals surface area contributed by atoms with Crippen LogP contribution in [0.25, 0.3) is 0 Å². The van der Waals surface area contributed by atoms with Gasteiger partial charge >= 0.3 is 0 Å². The molecular weight excluding hydrogens is 380 g/mol. The fourth-order valence-electron chi connectivity index (χ4n) is 2.22. The molecule has 0 atom stereocenters. The van der Waals surface area contributed by atoms with E-state index in [9.17, 15) is 9.59 Å². The van der Waals surface area contributed by atoms with Gasteiger partial charge < -0.3 is 19.8 Å². The summed E-state index contributed by atoms with van der Waals surface area (Å²) < 4.78 is 10.3. The van der Waals surface area contributed by atoms with Gasteiger partial charge in [0.1, 0.15) is 0 Å². The first-order chi connectivity index (χ1) is 13.3. The first kappa shape index (κ1) is 21.9. The third-order valence-electron chi connectivity index (χ3n) is 3.82. The Morgan fingerprint density at radius 1 is 1.14 bits per heavy atom. The van der Waals surface area contributed by atoms with Crippen LogP contribution in [-0.4, -0.2) is 48.0 Å². The Morgan fingerprint density at radius 3 is 2.50 bits per heavy atom. The molecule has 0 saturated heterocycles. The smallest absolute Gasteiger partial charge is 0.277 e. The fraction of sp³-hybridized carbons (Fsp3) is 0.474. The lowest BCUT2D eigenvalue weighted by molar-refractivity contribution is -0.118. The van der Waals surface area contributed by atoms with Crippen LogP contribution < -0.4 is 10.6 Å². The standard InChI is InChI=1S/C19H26N4O4S/c1-19(2,3)14-7-5-13(6-8-14)17(25)21-11-16-22-23-18(27-16)28-12-15(24)20-9-10-26-4/h5-8H,9-12H2,1-4H3,(H,20,24)(H,21,25). The van der Waals surface area contributed by atoms with E-state index in [1.54, 1.807) is 19.2 Å². The minimum Gasteiger partial charge on any atom is -0.414 e. The summed E-state index contributed by atoms with van der Waals surface area (Å²) in [7, 11) is 1.57. The molecule has 0 radical (unpaired) electrons. The zero-order chi connectivity index (χ0) is 20.6. The molecule has 0 spiro atoms. The molecule has 1 heterocycles. The molecule has 1 aromatic carbocycles. The van der Waals surface area contributed by atoms with Gasteiger partial charge in [-0.1, -0.05) is 44.7 Å². The van der Waals surface area contributed by atoms with Crippen molar-refractivity contribution in [3.05, 3.63) is 41.3 Å². The van der Waals surface area contributed by atoms with Gasteiger partial charge in [0.2, 0.25) is 11.8 Å². The highest BCUT2D eigenvalue weighted by Crippen LogP contribution is 2.22. The number of hydrogen-bond donors (Lipinski definition) is 2. The van der Waals surface area contributed by atoms with Crippen LogP contribution in [0.15, 0.2) is 33.9 Å². The number of ether oxygens (including phenoxy) is 1. The van der Waals surface area contributed by atoms with Crippen molar-refractivity contribution in [1.82, 2.24) is 20.8 Å². The number of carbonyl (C=O) groups excluding carboxylic acids is 2. The number of methoxy groups -OCH3 is 1. The highest BCUT2D eigenvalue weighted by molar-refractivity contribution is 7.99. The van der Waals surface area contributed by atoms with Gasteiger partial charge in [0.25, 0.3) is 11.1 Å². The van der Waals surface area contributed by atoms with Crippen LogP contribution in [0.3, 0.4) is 0 Å². The summed E-state index contributed by atoms with van der Waals surface area (Å²) in [6.45, 7) is 7.39. The minimum absolute atomic E-state index is 0.0352. The maximum absolute atomic E-state index is 12.3. The highest BCUT2D eigenvalue weighted by atomic mass is 32.2. The zero-order valence-electron chi connectivity index (χ0n) is 16.6. The third kappa shape index (κ3) is 6.97. The molecule has 0 bridgehead atoms. The van der Waals surface area contributed by atoms with Gasteiger partial charge in [-0.15, -0.1) is 10.2 Å². The van der Waals surface area contributed by atoms with Crippen molar-refractivity contribution < 1.29 is 18.7 Å². The summed E-state index contributed by atoms with van der Waals surface area (Å²) in [6, 6.07) is 7.50. The summed E-state index contributed by atoms with van der Waals surface area (Å²) >= 11 is 1.14. The summed E-state index contributed by atoms with van der Waals surface area (Å²) in [4.78, 5) is 23.9. The zero-order valence-corrected chi connectivity index (χ0v) is 17.4. The van der Waals surface area contributed by atoms with Gasteiger partial charge in [-0.05, 0) is 23.1 Å².